The van der Waals surface area contributed by atoms with Gasteiger partial charge in [-0.15, -0.1) is 0 Å². The van der Waals surface area contributed by atoms with E-state index in [0.717, 1.165) is 16.6 Å². The standard InChI is InChI=1S/C22H26N6O4S/c1-13-4-5-15-16(10-13)28(20(23-2)24-15)21-25-18(22(6-7-22)33(3,29)30)17-19(26-21)27-8-9-31-11-14(27)12-32-17/h4-5,10,14H,6-9,11-12H2,1-3H3,(H,23,24)/t14-/m0/s1. The maximum Gasteiger partial charge on any atom is 0.239 e. The Morgan fingerprint density at radius 3 is 2.73 bits per heavy atom. The Morgan fingerprint density at radius 2 is 2.00 bits per heavy atom. The quantitative estimate of drug-likeness (QED) is 0.610. The molecule has 0 spiro atoms. The van der Waals surface area contributed by atoms with Crippen molar-refractivity contribution in [3.8, 4) is 11.7 Å². The summed E-state index contributed by atoms with van der Waals surface area (Å²) < 4.78 is 38.3. The van der Waals surface area contributed by atoms with Crippen molar-refractivity contribution >= 4 is 32.6 Å². The lowest BCUT2D eigenvalue weighted by Gasteiger charge is -2.41. The summed E-state index contributed by atoms with van der Waals surface area (Å²) in [5.41, 5.74) is 3.18. The molecule has 0 radical (unpaired) electrons. The molecule has 2 fully saturated rings. The van der Waals surface area contributed by atoms with Gasteiger partial charge < -0.3 is 19.7 Å². The molecule has 1 aromatic carbocycles. The molecule has 1 saturated heterocycles. The zero-order valence-corrected chi connectivity index (χ0v) is 19.6. The van der Waals surface area contributed by atoms with Gasteiger partial charge in [0.2, 0.25) is 11.9 Å². The minimum Gasteiger partial charge on any atom is -0.486 e. The minimum atomic E-state index is -3.41. The highest BCUT2D eigenvalue weighted by atomic mass is 32.2. The van der Waals surface area contributed by atoms with Gasteiger partial charge in [0, 0.05) is 19.8 Å². The molecule has 0 bridgehead atoms. The van der Waals surface area contributed by atoms with Gasteiger partial charge in [0.15, 0.2) is 21.4 Å². The lowest BCUT2D eigenvalue weighted by Crippen LogP contribution is -2.52. The van der Waals surface area contributed by atoms with Crippen LogP contribution in [0.1, 0.15) is 24.1 Å². The largest absolute Gasteiger partial charge is 0.486 e. The fourth-order valence-electron chi connectivity index (χ4n) is 4.87. The van der Waals surface area contributed by atoms with E-state index in [1.807, 2.05) is 29.7 Å². The first-order chi connectivity index (χ1) is 15.8. The van der Waals surface area contributed by atoms with Gasteiger partial charge in [-0.3, -0.25) is 0 Å². The molecule has 2 aliphatic heterocycles. The molecule has 3 aliphatic rings. The topological polar surface area (TPSA) is 111 Å². The summed E-state index contributed by atoms with van der Waals surface area (Å²) in [7, 11) is -1.62. The molecular formula is C22H26N6O4S. The molecule has 0 amide bonds. The fourth-order valence-corrected chi connectivity index (χ4v) is 6.20. The SMILES string of the molecule is CNc1nc2ccc(C)cc2n1-c1nc2c(c(C3(S(C)(=O)=O)CC3)n1)OC[C@@H]1COCCN21. The lowest BCUT2D eigenvalue weighted by atomic mass is 10.1. The zero-order chi connectivity index (χ0) is 23.0. The minimum absolute atomic E-state index is 0.0285. The van der Waals surface area contributed by atoms with Crippen LogP contribution in [0.4, 0.5) is 11.8 Å². The molecule has 11 heteroatoms. The molecule has 0 unspecified atom stereocenters. The first-order valence-corrected chi connectivity index (χ1v) is 13.0. The number of benzene rings is 1. The second-order valence-electron chi connectivity index (χ2n) is 9.04. The molecule has 1 saturated carbocycles. The van der Waals surface area contributed by atoms with Gasteiger partial charge in [0.25, 0.3) is 0 Å². The van der Waals surface area contributed by atoms with Crippen LogP contribution in [-0.4, -0.2) is 73.6 Å². The number of sulfone groups is 1. The maximum atomic E-state index is 12.9. The highest BCUT2D eigenvalue weighted by Gasteiger charge is 2.58. The highest BCUT2D eigenvalue weighted by Crippen LogP contribution is 2.56. The number of morpholine rings is 1. The van der Waals surface area contributed by atoms with Gasteiger partial charge >= 0.3 is 0 Å². The molecule has 33 heavy (non-hydrogen) atoms. The molecule has 1 atom stereocenters. The molecule has 174 valence electrons. The van der Waals surface area contributed by atoms with E-state index in [-0.39, 0.29) is 6.04 Å². The van der Waals surface area contributed by atoms with Crippen molar-refractivity contribution in [2.75, 3.05) is 49.9 Å². The van der Waals surface area contributed by atoms with Gasteiger partial charge in [-0.2, -0.15) is 4.98 Å². The van der Waals surface area contributed by atoms with Gasteiger partial charge in [-0.05, 0) is 37.5 Å². The van der Waals surface area contributed by atoms with E-state index >= 15 is 0 Å². The van der Waals surface area contributed by atoms with Crippen molar-refractivity contribution in [2.45, 2.75) is 30.6 Å². The maximum absolute atomic E-state index is 12.9. The van der Waals surface area contributed by atoms with E-state index in [4.69, 9.17) is 19.4 Å². The number of imidazole rings is 1. The van der Waals surface area contributed by atoms with Crippen molar-refractivity contribution < 1.29 is 17.9 Å². The summed E-state index contributed by atoms with van der Waals surface area (Å²) in [6.07, 6.45) is 2.32. The normalized spacial score (nSPS) is 21.3. The Labute approximate surface area is 191 Å². The monoisotopic (exact) mass is 470 g/mol. The van der Waals surface area contributed by atoms with E-state index < -0.39 is 14.6 Å². The van der Waals surface area contributed by atoms with Gasteiger partial charge in [-0.1, -0.05) is 6.07 Å². The van der Waals surface area contributed by atoms with Gasteiger partial charge in [0.05, 0.1) is 30.3 Å². The smallest absolute Gasteiger partial charge is 0.239 e. The number of hydrogen-bond donors (Lipinski definition) is 1. The summed E-state index contributed by atoms with van der Waals surface area (Å²) in [6.45, 7) is 4.21. The molecule has 4 heterocycles. The van der Waals surface area contributed by atoms with E-state index in [2.05, 4.69) is 15.2 Å². The number of rotatable bonds is 4. The number of hydrogen-bond acceptors (Lipinski definition) is 9. The van der Waals surface area contributed by atoms with Crippen LogP contribution in [0.15, 0.2) is 18.2 Å². The van der Waals surface area contributed by atoms with Crippen LogP contribution in [0.25, 0.3) is 17.0 Å². The molecular weight excluding hydrogens is 444 g/mol. The number of aryl methyl sites for hydroxylation is 1. The van der Waals surface area contributed by atoms with Crippen LogP contribution in [0.2, 0.25) is 0 Å². The van der Waals surface area contributed by atoms with Crippen LogP contribution in [0.5, 0.6) is 5.75 Å². The van der Waals surface area contributed by atoms with Crippen LogP contribution in [-0.2, 0) is 19.3 Å². The van der Waals surface area contributed by atoms with Crippen molar-refractivity contribution in [3.05, 3.63) is 29.5 Å². The third-order valence-corrected chi connectivity index (χ3v) is 8.86. The van der Waals surface area contributed by atoms with Crippen LogP contribution < -0.4 is 15.0 Å². The van der Waals surface area contributed by atoms with E-state index in [1.54, 1.807) is 7.05 Å². The first kappa shape index (κ1) is 20.7. The number of anilines is 2. The summed E-state index contributed by atoms with van der Waals surface area (Å²) in [4.78, 5) is 16.7. The number of fused-ring (bicyclic) bond motifs is 4. The summed E-state index contributed by atoms with van der Waals surface area (Å²) in [6, 6.07) is 6.03. The fraction of sp³-hybridized carbons (Fsp3) is 0.500. The molecule has 3 aromatic rings. The number of nitrogens with zero attached hydrogens (tertiary/aromatic N) is 5. The third kappa shape index (κ3) is 3.02. The average Bonchev–Trinajstić information content (AvgIpc) is 3.54. The van der Waals surface area contributed by atoms with E-state index in [9.17, 15) is 8.42 Å². The Bertz CT molecular complexity index is 1380. The Morgan fingerprint density at radius 1 is 1.18 bits per heavy atom. The average molecular weight is 471 g/mol. The van der Waals surface area contributed by atoms with Crippen molar-refractivity contribution in [3.63, 3.8) is 0 Å². The van der Waals surface area contributed by atoms with Crippen LogP contribution in [0, 0.1) is 6.92 Å². The molecule has 2 aromatic heterocycles. The Balaban J connectivity index is 1.65. The molecule has 10 nitrogen and oxygen atoms in total. The molecule has 1 aliphatic carbocycles. The van der Waals surface area contributed by atoms with Gasteiger partial charge in [-0.25, -0.2) is 23.0 Å². The third-order valence-electron chi connectivity index (χ3n) is 6.83. The highest BCUT2D eigenvalue weighted by molar-refractivity contribution is 7.92. The number of ether oxygens (including phenoxy) is 2. The number of aromatic nitrogens is 4. The van der Waals surface area contributed by atoms with E-state index in [0.29, 0.717) is 68.4 Å². The predicted molar refractivity (Wildman–Crippen MR) is 124 cm³/mol. The summed E-state index contributed by atoms with van der Waals surface area (Å²) in [5.74, 6) is 2.07. The van der Waals surface area contributed by atoms with Crippen molar-refractivity contribution in [2.24, 2.45) is 0 Å². The van der Waals surface area contributed by atoms with E-state index in [1.165, 1.54) is 6.26 Å². The second-order valence-corrected chi connectivity index (χ2v) is 11.4. The lowest BCUT2D eigenvalue weighted by molar-refractivity contribution is 0.0692. The predicted octanol–water partition coefficient (Wildman–Crippen LogP) is 1.80. The molecule has 6 rings (SSSR count). The first-order valence-electron chi connectivity index (χ1n) is 11.1. The van der Waals surface area contributed by atoms with Crippen molar-refractivity contribution in [1.29, 1.82) is 0 Å². The summed E-state index contributed by atoms with van der Waals surface area (Å²) >= 11 is 0. The van der Waals surface area contributed by atoms with Crippen LogP contribution >= 0.6 is 0 Å². The van der Waals surface area contributed by atoms with Gasteiger partial charge in [0.1, 0.15) is 17.0 Å². The Hall–Kier alpha value is -2.92. The summed E-state index contributed by atoms with van der Waals surface area (Å²) in [5, 5.41) is 3.13. The number of nitrogens with one attached hydrogen (secondary N) is 1. The zero-order valence-electron chi connectivity index (χ0n) is 18.8. The molecule has 1 N–H and O–H groups in total. The second kappa shape index (κ2) is 7.04. The van der Waals surface area contributed by atoms with Crippen LogP contribution in [0.3, 0.4) is 0 Å². The van der Waals surface area contributed by atoms with Crippen molar-refractivity contribution in [1.82, 2.24) is 19.5 Å². The Kier molecular flexibility index (Phi) is 4.41.